The van der Waals surface area contributed by atoms with Crippen LogP contribution >= 0.6 is 0 Å². The number of sulfonamides is 1. The minimum Gasteiger partial charge on any atom is -0.480 e. The van der Waals surface area contributed by atoms with Gasteiger partial charge in [-0.15, -0.1) is 0 Å². The highest BCUT2D eigenvalue weighted by molar-refractivity contribution is 7.88. The number of rotatable bonds is 8. The first-order valence-electron chi connectivity index (χ1n) is 7.35. The Morgan fingerprint density at radius 1 is 1.29 bits per heavy atom. The molecule has 0 aromatic heterocycles. The second kappa shape index (κ2) is 7.53. The highest BCUT2D eigenvalue weighted by Crippen LogP contribution is 2.13. The van der Waals surface area contributed by atoms with Crippen molar-refractivity contribution in [3.05, 3.63) is 0 Å². The van der Waals surface area contributed by atoms with E-state index in [1.54, 1.807) is 6.92 Å². The summed E-state index contributed by atoms with van der Waals surface area (Å²) in [5, 5.41) is 12.5. The zero-order valence-electron chi connectivity index (χ0n) is 13.1. The molecule has 1 saturated heterocycles. The van der Waals surface area contributed by atoms with Crippen molar-refractivity contribution >= 4 is 16.0 Å². The van der Waals surface area contributed by atoms with Crippen molar-refractivity contribution < 1.29 is 18.3 Å². The predicted molar refractivity (Wildman–Crippen MR) is 81.8 cm³/mol. The number of nitrogens with zero attached hydrogens (tertiary/aromatic N) is 2. The van der Waals surface area contributed by atoms with Gasteiger partial charge in [0, 0.05) is 32.7 Å². The van der Waals surface area contributed by atoms with E-state index in [0.717, 1.165) is 6.42 Å². The Kier molecular flexibility index (Phi) is 6.58. The number of hydrogen-bond donors (Lipinski definition) is 2. The Bertz CT molecular complexity index is 446. The maximum atomic E-state index is 11.4. The molecule has 1 aliphatic heterocycles. The third kappa shape index (κ3) is 5.54. The summed E-state index contributed by atoms with van der Waals surface area (Å²) in [7, 11) is -3.12. The maximum Gasteiger partial charge on any atom is 0.323 e. The van der Waals surface area contributed by atoms with Crippen molar-refractivity contribution in [1.29, 1.82) is 0 Å². The summed E-state index contributed by atoms with van der Waals surface area (Å²) in [5.41, 5.74) is -0.927. The van der Waals surface area contributed by atoms with E-state index in [1.165, 1.54) is 10.6 Å². The fourth-order valence-electron chi connectivity index (χ4n) is 2.34. The molecule has 1 aliphatic rings. The van der Waals surface area contributed by atoms with Crippen LogP contribution in [0.3, 0.4) is 0 Å². The highest BCUT2D eigenvalue weighted by Gasteiger charge is 2.33. The van der Waals surface area contributed by atoms with Gasteiger partial charge in [0.25, 0.3) is 0 Å². The summed E-state index contributed by atoms with van der Waals surface area (Å²) < 4.78 is 24.3. The quantitative estimate of drug-likeness (QED) is 0.643. The number of hydrogen-bond acceptors (Lipinski definition) is 5. The summed E-state index contributed by atoms with van der Waals surface area (Å²) >= 11 is 0. The Hall–Kier alpha value is -0.700. The van der Waals surface area contributed by atoms with E-state index in [-0.39, 0.29) is 0 Å². The monoisotopic (exact) mass is 321 g/mol. The van der Waals surface area contributed by atoms with Crippen molar-refractivity contribution in [3.63, 3.8) is 0 Å². The molecule has 0 radical (unpaired) electrons. The number of aliphatic carboxylic acids is 1. The SMILES string of the molecule is CCCNC(C)(CCN1CCN(S(C)(=O)=O)CC1)C(=O)O. The molecule has 0 aromatic rings. The van der Waals surface area contributed by atoms with Gasteiger partial charge in [-0.25, -0.2) is 8.42 Å². The van der Waals surface area contributed by atoms with E-state index in [2.05, 4.69) is 10.2 Å². The molecular weight excluding hydrogens is 294 g/mol. The molecule has 124 valence electrons. The predicted octanol–water partition coefficient (Wildman–Crippen LogP) is -0.203. The van der Waals surface area contributed by atoms with Gasteiger partial charge in [-0.1, -0.05) is 6.92 Å². The first-order valence-corrected chi connectivity index (χ1v) is 9.20. The minimum atomic E-state index is -3.12. The van der Waals surface area contributed by atoms with Gasteiger partial charge in [0.05, 0.1) is 6.26 Å². The van der Waals surface area contributed by atoms with Gasteiger partial charge in [0.1, 0.15) is 5.54 Å². The smallest absolute Gasteiger partial charge is 0.323 e. The molecule has 2 N–H and O–H groups in total. The standard InChI is InChI=1S/C13H27N3O4S/c1-4-6-14-13(2,12(17)18)5-7-15-8-10-16(11-9-15)21(3,19)20/h14H,4-11H2,1-3H3,(H,17,18). The number of carboxylic acids is 1. The summed E-state index contributed by atoms with van der Waals surface area (Å²) in [6.45, 7) is 7.28. The van der Waals surface area contributed by atoms with E-state index < -0.39 is 21.5 Å². The van der Waals surface area contributed by atoms with Crippen LogP contribution in [0.15, 0.2) is 0 Å². The largest absolute Gasteiger partial charge is 0.480 e. The van der Waals surface area contributed by atoms with Gasteiger partial charge in [-0.3, -0.25) is 4.79 Å². The Labute approximate surface area is 127 Å². The molecule has 8 heteroatoms. The van der Waals surface area contributed by atoms with Gasteiger partial charge < -0.3 is 15.3 Å². The zero-order valence-corrected chi connectivity index (χ0v) is 13.9. The number of carbonyl (C=O) groups is 1. The van der Waals surface area contributed by atoms with Crippen LogP contribution in [0.25, 0.3) is 0 Å². The molecule has 1 atom stereocenters. The molecular formula is C13H27N3O4S. The van der Waals surface area contributed by atoms with E-state index in [1.807, 2.05) is 6.92 Å². The topological polar surface area (TPSA) is 90.0 Å². The van der Waals surface area contributed by atoms with Gasteiger partial charge in [0.2, 0.25) is 10.0 Å². The van der Waals surface area contributed by atoms with E-state index >= 15 is 0 Å². The van der Waals surface area contributed by atoms with Crippen molar-refractivity contribution in [1.82, 2.24) is 14.5 Å². The van der Waals surface area contributed by atoms with E-state index in [9.17, 15) is 18.3 Å². The lowest BCUT2D eigenvalue weighted by molar-refractivity contribution is -0.144. The van der Waals surface area contributed by atoms with Crippen LogP contribution in [0.1, 0.15) is 26.7 Å². The second-order valence-electron chi connectivity index (χ2n) is 5.82. The maximum absolute atomic E-state index is 11.4. The van der Waals surface area contributed by atoms with Crippen LogP contribution in [0.4, 0.5) is 0 Å². The Balaban J connectivity index is 2.46. The Morgan fingerprint density at radius 3 is 2.29 bits per heavy atom. The average Bonchev–Trinajstić information content (AvgIpc) is 2.42. The van der Waals surface area contributed by atoms with Gasteiger partial charge in [-0.2, -0.15) is 4.31 Å². The van der Waals surface area contributed by atoms with Crippen molar-refractivity contribution in [2.75, 3.05) is 45.5 Å². The lowest BCUT2D eigenvalue weighted by atomic mass is 9.97. The lowest BCUT2D eigenvalue weighted by Crippen LogP contribution is -2.54. The average molecular weight is 321 g/mol. The van der Waals surface area contributed by atoms with Crippen LogP contribution in [0, 0.1) is 0 Å². The van der Waals surface area contributed by atoms with E-state index in [0.29, 0.717) is 45.7 Å². The number of piperazine rings is 1. The van der Waals surface area contributed by atoms with Gasteiger partial charge >= 0.3 is 5.97 Å². The van der Waals surface area contributed by atoms with Crippen molar-refractivity contribution in [2.45, 2.75) is 32.2 Å². The molecule has 1 heterocycles. The molecule has 1 rings (SSSR count). The molecule has 1 fully saturated rings. The molecule has 0 aromatic carbocycles. The molecule has 0 aliphatic carbocycles. The fourth-order valence-corrected chi connectivity index (χ4v) is 3.16. The zero-order chi connectivity index (χ0) is 16.1. The third-order valence-corrected chi connectivity index (χ3v) is 5.27. The second-order valence-corrected chi connectivity index (χ2v) is 7.80. The van der Waals surface area contributed by atoms with Crippen LogP contribution in [-0.4, -0.2) is 79.8 Å². The van der Waals surface area contributed by atoms with E-state index in [4.69, 9.17) is 0 Å². The number of carboxylic acid groups (broad SMARTS) is 1. The normalized spacial score (nSPS) is 21.1. The fraction of sp³-hybridized carbons (Fsp3) is 0.923. The van der Waals surface area contributed by atoms with Crippen molar-refractivity contribution in [2.24, 2.45) is 0 Å². The molecule has 0 amide bonds. The third-order valence-electron chi connectivity index (χ3n) is 3.97. The summed E-state index contributed by atoms with van der Waals surface area (Å²) in [5.74, 6) is -0.842. The molecule has 0 spiro atoms. The molecule has 0 bridgehead atoms. The summed E-state index contributed by atoms with van der Waals surface area (Å²) in [4.78, 5) is 13.5. The minimum absolute atomic E-state index is 0.477. The molecule has 0 saturated carbocycles. The van der Waals surface area contributed by atoms with Crippen molar-refractivity contribution in [3.8, 4) is 0 Å². The molecule has 7 nitrogen and oxygen atoms in total. The summed E-state index contributed by atoms with van der Waals surface area (Å²) in [6, 6.07) is 0. The first-order chi connectivity index (χ1) is 9.69. The molecule has 1 unspecified atom stereocenters. The highest BCUT2D eigenvalue weighted by atomic mass is 32.2. The first kappa shape index (κ1) is 18.3. The van der Waals surface area contributed by atoms with Crippen LogP contribution in [-0.2, 0) is 14.8 Å². The summed E-state index contributed by atoms with van der Waals surface area (Å²) in [6.07, 6.45) is 2.61. The van der Waals surface area contributed by atoms with Gasteiger partial charge in [0.15, 0.2) is 0 Å². The van der Waals surface area contributed by atoms with Crippen LogP contribution < -0.4 is 5.32 Å². The van der Waals surface area contributed by atoms with Crippen LogP contribution in [0.5, 0.6) is 0 Å². The van der Waals surface area contributed by atoms with Crippen LogP contribution in [0.2, 0.25) is 0 Å². The Morgan fingerprint density at radius 2 is 1.86 bits per heavy atom. The number of nitrogens with one attached hydrogen (secondary N) is 1. The van der Waals surface area contributed by atoms with Gasteiger partial charge in [-0.05, 0) is 26.3 Å². The lowest BCUT2D eigenvalue weighted by Gasteiger charge is -2.35. The molecule has 21 heavy (non-hydrogen) atoms.